The van der Waals surface area contributed by atoms with Gasteiger partial charge in [0.2, 0.25) is 0 Å². The lowest BCUT2D eigenvalue weighted by Gasteiger charge is -2.11. The zero-order valence-corrected chi connectivity index (χ0v) is 18.1. The second-order valence-electron chi connectivity index (χ2n) is 7.79. The van der Waals surface area contributed by atoms with E-state index in [2.05, 4.69) is 4.98 Å². The van der Waals surface area contributed by atoms with Crippen LogP contribution < -0.4 is 11.2 Å². The van der Waals surface area contributed by atoms with Gasteiger partial charge in [0.05, 0.1) is 24.1 Å². The van der Waals surface area contributed by atoms with Gasteiger partial charge in [-0.15, -0.1) is 11.3 Å². The van der Waals surface area contributed by atoms with Crippen molar-refractivity contribution in [3.63, 3.8) is 0 Å². The van der Waals surface area contributed by atoms with Crippen LogP contribution in [0.4, 0.5) is 0 Å². The largest absolute Gasteiger partial charge is 0.466 e. The molecule has 0 aliphatic heterocycles. The van der Waals surface area contributed by atoms with Crippen LogP contribution in [0.5, 0.6) is 0 Å². The van der Waals surface area contributed by atoms with Gasteiger partial charge in [-0.25, -0.2) is 9.36 Å². The Labute approximate surface area is 181 Å². The Morgan fingerprint density at radius 1 is 1.19 bits per heavy atom. The SMILES string of the molecule is CCOC(=O)CCn1ccc2cc(-n3c(=O)[nH]c4sc5c(c4c3=O)CCCC5)ccc21. The zero-order chi connectivity index (χ0) is 21.5. The lowest BCUT2D eigenvalue weighted by atomic mass is 9.97. The van der Waals surface area contributed by atoms with Crippen molar-refractivity contribution in [2.75, 3.05) is 6.61 Å². The summed E-state index contributed by atoms with van der Waals surface area (Å²) in [4.78, 5) is 42.7. The number of ether oxygens (including phenoxy) is 1. The molecule has 0 unspecified atom stereocenters. The number of benzene rings is 1. The highest BCUT2D eigenvalue weighted by Gasteiger charge is 2.21. The zero-order valence-electron chi connectivity index (χ0n) is 17.3. The number of aromatic amines is 1. The van der Waals surface area contributed by atoms with E-state index >= 15 is 0 Å². The normalized spacial score (nSPS) is 13.6. The number of carbonyl (C=O) groups is 1. The number of rotatable bonds is 5. The van der Waals surface area contributed by atoms with E-state index in [1.807, 2.05) is 29.0 Å². The minimum atomic E-state index is -0.419. The fourth-order valence-corrected chi connectivity index (χ4v) is 5.71. The molecule has 1 aliphatic rings. The maximum Gasteiger partial charge on any atom is 0.334 e. The van der Waals surface area contributed by atoms with E-state index in [-0.39, 0.29) is 11.5 Å². The number of nitrogens with zero attached hydrogens (tertiary/aromatic N) is 2. The van der Waals surface area contributed by atoms with Gasteiger partial charge in [0.15, 0.2) is 0 Å². The minimum absolute atomic E-state index is 0.230. The van der Waals surface area contributed by atoms with Gasteiger partial charge in [-0.2, -0.15) is 0 Å². The van der Waals surface area contributed by atoms with E-state index in [1.165, 1.54) is 20.8 Å². The number of H-pyrrole nitrogens is 1. The number of thiophene rings is 1. The molecule has 1 aromatic carbocycles. The highest BCUT2D eigenvalue weighted by atomic mass is 32.1. The first-order valence-electron chi connectivity index (χ1n) is 10.6. The highest BCUT2D eigenvalue weighted by Crippen LogP contribution is 2.33. The molecule has 5 rings (SSSR count). The number of aryl methyl sites for hydroxylation is 3. The fourth-order valence-electron chi connectivity index (χ4n) is 4.44. The van der Waals surface area contributed by atoms with Crippen LogP contribution in [-0.4, -0.2) is 26.7 Å². The molecule has 1 aliphatic carbocycles. The highest BCUT2D eigenvalue weighted by molar-refractivity contribution is 7.18. The first-order valence-corrected chi connectivity index (χ1v) is 11.4. The predicted molar refractivity (Wildman–Crippen MR) is 121 cm³/mol. The van der Waals surface area contributed by atoms with Crippen molar-refractivity contribution >= 4 is 38.4 Å². The van der Waals surface area contributed by atoms with Gasteiger partial charge in [0.25, 0.3) is 5.56 Å². The quantitative estimate of drug-likeness (QED) is 0.484. The van der Waals surface area contributed by atoms with Gasteiger partial charge >= 0.3 is 11.7 Å². The number of aromatic nitrogens is 3. The summed E-state index contributed by atoms with van der Waals surface area (Å²) in [5.74, 6) is -0.230. The summed E-state index contributed by atoms with van der Waals surface area (Å²) in [5.41, 5.74) is 1.91. The second kappa shape index (κ2) is 7.85. The number of carbonyl (C=O) groups excluding carboxylic acids is 1. The first kappa shape index (κ1) is 19.8. The summed E-state index contributed by atoms with van der Waals surface area (Å²) in [6.45, 7) is 2.67. The standard InChI is InChI=1S/C23H23N3O4S/c1-2-30-19(27)10-12-25-11-9-14-13-15(7-8-17(14)25)26-22(28)20-16-5-3-4-6-18(16)31-21(20)24-23(26)29/h7-9,11,13H,2-6,10,12H2,1H3,(H,24,29). The summed E-state index contributed by atoms with van der Waals surface area (Å²) in [5, 5.41) is 1.56. The molecule has 1 N–H and O–H groups in total. The lowest BCUT2D eigenvalue weighted by molar-refractivity contribution is -0.143. The molecular formula is C23H23N3O4S. The average Bonchev–Trinajstić information content (AvgIpc) is 3.33. The summed E-state index contributed by atoms with van der Waals surface area (Å²) in [6.07, 6.45) is 6.25. The molecule has 8 heteroatoms. The average molecular weight is 438 g/mol. The van der Waals surface area contributed by atoms with Crippen molar-refractivity contribution in [2.45, 2.75) is 45.6 Å². The molecular weight excluding hydrogens is 414 g/mol. The smallest absolute Gasteiger partial charge is 0.334 e. The van der Waals surface area contributed by atoms with Crippen molar-refractivity contribution < 1.29 is 9.53 Å². The fraction of sp³-hybridized carbons (Fsp3) is 0.348. The van der Waals surface area contributed by atoms with Crippen molar-refractivity contribution in [3.05, 3.63) is 61.7 Å². The van der Waals surface area contributed by atoms with Crippen molar-refractivity contribution in [1.29, 1.82) is 0 Å². The summed E-state index contributed by atoms with van der Waals surface area (Å²) in [6, 6.07) is 7.44. The second-order valence-corrected chi connectivity index (χ2v) is 8.90. The molecule has 0 atom stereocenters. The van der Waals surface area contributed by atoms with E-state index in [0.717, 1.165) is 42.1 Å². The molecule has 0 fully saturated rings. The van der Waals surface area contributed by atoms with Crippen LogP contribution in [-0.2, 0) is 28.9 Å². The van der Waals surface area contributed by atoms with Gasteiger partial charge in [-0.05, 0) is 62.4 Å². The Morgan fingerprint density at radius 3 is 2.87 bits per heavy atom. The summed E-state index contributed by atoms with van der Waals surface area (Å²) < 4.78 is 8.20. The van der Waals surface area contributed by atoms with Crippen LogP contribution in [0.2, 0.25) is 0 Å². The Hall–Kier alpha value is -3.13. The molecule has 3 heterocycles. The molecule has 3 aromatic heterocycles. The van der Waals surface area contributed by atoms with Crippen LogP contribution in [0.15, 0.2) is 40.1 Å². The van der Waals surface area contributed by atoms with Crippen molar-refractivity contribution in [1.82, 2.24) is 14.1 Å². The Balaban J connectivity index is 1.56. The van der Waals surface area contributed by atoms with Gasteiger partial charge in [0.1, 0.15) is 4.83 Å². The molecule has 0 saturated heterocycles. The maximum absolute atomic E-state index is 13.4. The van der Waals surface area contributed by atoms with Crippen LogP contribution in [0.1, 0.15) is 36.6 Å². The third kappa shape index (κ3) is 3.40. The Morgan fingerprint density at radius 2 is 2.03 bits per heavy atom. The minimum Gasteiger partial charge on any atom is -0.466 e. The van der Waals surface area contributed by atoms with Crippen molar-refractivity contribution in [3.8, 4) is 5.69 Å². The number of hydrogen-bond acceptors (Lipinski definition) is 5. The van der Waals surface area contributed by atoms with Crippen LogP contribution in [0, 0.1) is 0 Å². The van der Waals surface area contributed by atoms with Gasteiger partial charge in [-0.1, -0.05) is 0 Å². The van der Waals surface area contributed by atoms with E-state index in [0.29, 0.717) is 35.5 Å². The van der Waals surface area contributed by atoms with E-state index in [4.69, 9.17) is 4.74 Å². The van der Waals surface area contributed by atoms with Gasteiger partial charge in [0, 0.05) is 28.5 Å². The van der Waals surface area contributed by atoms with E-state index in [9.17, 15) is 14.4 Å². The van der Waals surface area contributed by atoms with Gasteiger partial charge < -0.3 is 9.30 Å². The molecule has 4 aromatic rings. The predicted octanol–water partition coefficient (Wildman–Crippen LogP) is 3.53. The van der Waals surface area contributed by atoms with E-state index in [1.54, 1.807) is 13.0 Å². The Kier molecular flexibility index (Phi) is 5.02. The number of nitrogens with one attached hydrogen (secondary N) is 1. The summed E-state index contributed by atoms with van der Waals surface area (Å²) >= 11 is 1.54. The van der Waals surface area contributed by atoms with Crippen LogP contribution in [0.25, 0.3) is 26.8 Å². The van der Waals surface area contributed by atoms with Crippen LogP contribution >= 0.6 is 11.3 Å². The van der Waals surface area contributed by atoms with Gasteiger partial charge in [-0.3, -0.25) is 14.6 Å². The molecule has 0 bridgehead atoms. The molecule has 0 radical (unpaired) electrons. The van der Waals surface area contributed by atoms with Crippen molar-refractivity contribution in [2.24, 2.45) is 0 Å². The molecule has 31 heavy (non-hydrogen) atoms. The third-order valence-corrected chi connectivity index (χ3v) is 7.09. The molecule has 7 nitrogen and oxygen atoms in total. The third-order valence-electron chi connectivity index (χ3n) is 5.89. The molecule has 0 amide bonds. The number of esters is 1. The molecule has 160 valence electrons. The number of hydrogen-bond donors (Lipinski definition) is 1. The lowest BCUT2D eigenvalue weighted by Crippen LogP contribution is -2.33. The molecule has 0 spiro atoms. The monoisotopic (exact) mass is 437 g/mol. The van der Waals surface area contributed by atoms with Crippen LogP contribution in [0.3, 0.4) is 0 Å². The maximum atomic E-state index is 13.4. The number of fused-ring (bicyclic) bond motifs is 4. The topological polar surface area (TPSA) is 86.1 Å². The first-order chi connectivity index (χ1) is 15.1. The Bertz CT molecular complexity index is 1420. The van der Waals surface area contributed by atoms with E-state index < -0.39 is 5.69 Å². The molecule has 0 saturated carbocycles. The summed E-state index contributed by atoms with van der Waals surface area (Å²) in [7, 11) is 0.